The Labute approximate surface area is 209 Å². The Morgan fingerprint density at radius 2 is 1.86 bits per heavy atom. The molecule has 0 fully saturated rings. The van der Waals surface area contributed by atoms with Crippen LogP contribution < -0.4 is 23.7 Å². The van der Waals surface area contributed by atoms with Crippen molar-refractivity contribution in [3.63, 3.8) is 0 Å². The molecule has 0 saturated carbocycles. The normalized spacial score (nSPS) is 19.9. The fourth-order valence-corrected chi connectivity index (χ4v) is 5.38. The Hall–Kier alpha value is -3.91. The van der Waals surface area contributed by atoms with Crippen LogP contribution in [0.1, 0.15) is 44.8 Å². The Morgan fingerprint density at radius 3 is 2.64 bits per heavy atom. The first-order valence-electron chi connectivity index (χ1n) is 11.9. The molecule has 186 valence electrons. The van der Waals surface area contributed by atoms with E-state index in [1.54, 1.807) is 14.2 Å². The maximum Gasteiger partial charge on any atom is 0.343 e. The summed E-state index contributed by atoms with van der Waals surface area (Å²) < 4.78 is 35.0. The van der Waals surface area contributed by atoms with Gasteiger partial charge in [0.25, 0.3) is 0 Å². The average Bonchev–Trinajstić information content (AvgIpc) is 3.50. The molecule has 0 radical (unpaired) electrons. The topological polar surface area (TPSA) is 75.7 Å². The SMILES string of the molecule is COc1ccc2c(c1OCc1ccccc1)C(=O)O[C@@H]2[C@H]1c2c(cc3c(c2OC)OCO3)CCN1C. The monoisotopic (exact) mass is 489 g/mol. The van der Waals surface area contributed by atoms with Gasteiger partial charge in [0, 0.05) is 17.7 Å². The molecule has 3 aliphatic rings. The molecule has 3 heterocycles. The summed E-state index contributed by atoms with van der Waals surface area (Å²) in [4.78, 5) is 15.5. The molecular formula is C28H27NO7. The number of rotatable bonds is 6. The van der Waals surface area contributed by atoms with Gasteiger partial charge in [-0.3, -0.25) is 4.90 Å². The number of likely N-dealkylation sites (N-methyl/N-ethyl adjacent to an activating group) is 1. The molecular weight excluding hydrogens is 462 g/mol. The Bertz CT molecular complexity index is 1320. The second-order valence-electron chi connectivity index (χ2n) is 9.05. The van der Waals surface area contributed by atoms with Crippen LogP contribution in [0.25, 0.3) is 0 Å². The standard InChI is InChI=1S/C28H27NO7/c1-29-12-11-17-13-20-26(35-15-34-20)27(32-3)21(17)23(29)24-18-9-10-19(31-2)25(22(18)28(30)36-24)33-14-16-7-5-4-6-8-16/h4-10,13,23-24H,11-12,14-15H2,1-3H3/t23-,24+/m1/s1. The smallest absolute Gasteiger partial charge is 0.343 e. The summed E-state index contributed by atoms with van der Waals surface area (Å²) in [5.41, 5.74) is 4.19. The third kappa shape index (κ3) is 3.52. The molecule has 36 heavy (non-hydrogen) atoms. The van der Waals surface area contributed by atoms with Gasteiger partial charge in [-0.15, -0.1) is 0 Å². The zero-order valence-electron chi connectivity index (χ0n) is 20.4. The predicted molar refractivity (Wildman–Crippen MR) is 130 cm³/mol. The summed E-state index contributed by atoms with van der Waals surface area (Å²) in [6.45, 7) is 1.24. The third-order valence-electron chi connectivity index (χ3n) is 7.08. The summed E-state index contributed by atoms with van der Waals surface area (Å²) in [5, 5.41) is 0. The third-order valence-corrected chi connectivity index (χ3v) is 7.08. The second kappa shape index (κ2) is 8.95. The first-order valence-corrected chi connectivity index (χ1v) is 11.9. The molecule has 6 rings (SSSR count). The largest absolute Gasteiger partial charge is 0.493 e. The minimum atomic E-state index is -0.559. The summed E-state index contributed by atoms with van der Waals surface area (Å²) >= 11 is 0. The lowest BCUT2D eigenvalue weighted by molar-refractivity contribution is 0.00871. The van der Waals surface area contributed by atoms with E-state index in [0.717, 1.165) is 35.2 Å². The summed E-state index contributed by atoms with van der Waals surface area (Å²) in [7, 11) is 5.21. The Kier molecular flexibility index (Phi) is 5.60. The highest BCUT2D eigenvalue weighted by atomic mass is 16.7. The molecule has 8 heteroatoms. The number of benzene rings is 3. The highest BCUT2D eigenvalue weighted by Gasteiger charge is 2.46. The van der Waals surface area contributed by atoms with Gasteiger partial charge in [0.2, 0.25) is 12.5 Å². The van der Waals surface area contributed by atoms with Crippen LogP contribution in [-0.2, 0) is 17.8 Å². The van der Waals surface area contributed by atoms with Crippen LogP contribution in [0.5, 0.6) is 28.7 Å². The highest BCUT2D eigenvalue weighted by molar-refractivity contribution is 5.98. The van der Waals surface area contributed by atoms with Crippen LogP contribution in [0, 0.1) is 0 Å². The predicted octanol–water partition coefficient (Wildman–Crippen LogP) is 4.45. The first kappa shape index (κ1) is 22.5. The molecule has 0 aliphatic carbocycles. The fraction of sp³-hybridized carbons (Fsp3) is 0.321. The van der Waals surface area contributed by atoms with E-state index < -0.39 is 12.1 Å². The van der Waals surface area contributed by atoms with Crippen LogP contribution >= 0.6 is 0 Å². The number of carbonyl (C=O) groups is 1. The van der Waals surface area contributed by atoms with Crippen LogP contribution in [0.3, 0.4) is 0 Å². The van der Waals surface area contributed by atoms with Crippen molar-refractivity contribution in [3.05, 3.63) is 76.3 Å². The first-order chi connectivity index (χ1) is 17.6. The molecule has 0 amide bonds. The van der Waals surface area contributed by atoms with Gasteiger partial charge in [-0.05, 0) is 36.7 Å². The summed E-state index contributed by atoms with van der Waals surface area (Å²) in [6.07, 6.45) is 0.257. The van der Waals surface area contributed by atoms with Crippen molar-refractivity contribution in [2.45, 2.75) is 25.2 Å². The molecule has 0 spiro atoms. The number of hydrogen-bond donors (Lipinski definition) is 0. The maximum absolute atomic E-state index is 13.3. The molecule has 0 bridgehead atoms. The van der Waals surface area contributed by atoms with Crippen molar-refractivity contribution < 1.29 is 33.2 Å². The van der Waals surface area contributed by atoms with E-state index in [2.05, 4.69) is 4.90 Å². The van der Waals surface area contributed by atoms with Crippen molar-refractivity contribution in [1.82, 2.24) is 4.90 Å². The number of ether oxygens (including phenoxy) is 6. The van der Waals surface area contributed by atoms with Gasteiger partial charge in [-0.25, -0.2) is 4.79 Å². The lowest BCUT2D eigenvalue weighted by Crippen LogP contribution is -2.36. The van der Waals surface area contributed by atoms with E-state index in [1.807, 2.05) is 55.6 Å². The quantitative estimate of drug-likeness (QED) is 0.470. The van der Waals surface area contributed by atoms with E-state index >= 15 is 0 Å². The zero-order chi connectivity index (χ0) is 24.8. The molecule has 0 N–H and O–H groups in total. The minimum absolute atomic E-state index is 0.151. The number of esters is 1. The van der Waals surface area contributed by atoms with Crippen LogP contribution in [0.4, 0.5) is 0 Å². The molecule has 0 saturated heterocycles. The number of methoxy groups -OCH3 is 2. The van der Waals surface area contributed by atoms with E-state index in [1.165, 1.54) is 0 Å². The lowest BCUT2D eigenvalue weighted by atomic mass is 9.85. The van der Waals surface area contributed by atoms with E-state index in [0.29, 0.717) is 40.9 Å². The summed E-state index contributed by atoms with van der Waals surface area (Å²) in [6, 6.07) is 15.2. The van der Waals surface area contributed by atoms with Crippen LogP contribution in [0.2, 0.25) is 0 Å². The molecule has 0 unspecified atom stereocenters. The van der Waals surface area contributed by atoms with Gasteiger partial charge in [0.15, 0.2) is 23.0 Å². The van der Waals surface area contributed by atoms with Gasteiger partial charge in [-0.1, -0.05) is 36.4 Å². The van der Waals surface area contributed by atoms with Crippen molar-refractivity contribution in [2.75, 3.05) is 34.6 Å². The molecule has 0 aromatic heterocycles. The van der Waals surface area contributed by atoms with E-state index in [9.17, 15) is 4.79 Å². The van der Waals surface area contributed by atoms with E-state index in [-0.39, 0.29) is 12.8 Å². The van der Waals surface area contributed by atoms with Gasteiger partial charge in [-0.2, -0.15) is 0 Å². The number of cyclic esters (lactones) is 1. The van der Waals surface area contributed by atoms with Gasteiger partial charge < -0.3 is 28.4 Å². The van der Waals surface area contributed by atoms with Crippen molar-refractivity contribution >= 4 is 5.97 Å². The molecule has 8 nitrogen and oxygen atoms in total. The van der Waals surface area contributed by atoms with Crippen molar-refractivity contribution in [2.24, 2.45) is 0 Å². The molecule has 2 atom stereocenters. The maximum atomic E-state index is 13.3. The molecule has 3 aliphatic heterocycles. The Morgan fingerprint density at radius 1 is 1.03 bits per heavy atom. The molecule has 3 aromatic carbocycles. The minimum Gasteiger partial charge on any atom is -0.493 e. The summed E-state index contributed by atoms with van der Waals surface area (Å²) in [5.74, 6) is 2.33. The number of carbonyl (C=O) groups excluding carboxylic acids is 1. The van der Waals surface area contributed by atoms with Gasteiger partial charge in [0.05, 0.1) is 20.3 Å². The number of hydrogen-bond acceptors (Lipinski definition) is 8. The lowest BCUT2D eigenvalue weighted by Gasteiger charge is -2.38. The average molecular weight is 490 g/mol. The van der Waals surface area contributed by atoms with E-state index in [4.69, 9.17) is 28.4 Å². The van der Waals surface area contributed by atoms with Gasteiger partial charge >= 0.3 is 5.97 Å². The number of fused-ring (bicyclic) bond motifs is 3. The zero-order valence-corrected chi connectivity index (χ0v) is 20.4. The highest BCUT2D eigenvalue weighted by Crippen LogP contribution is 2.55. The van der Waals surface area contributed by atoms with Crippen molar-refractivity contribution in [3.8, 4) is 28.7 Å². The van der Waals surface area contributed by atoms with Crippen LogP contribution in [-0.4, -0.2) is 45.5 Å². The second-order valence-corrected chi connectivity index (χ2v) is 9.05. The fourth-order valence-electron chi connectivity index (χ4n) is 5.38. The number of nitrogens with zero attached hydrogens (tertiary/aromatic N) is 1. The Balaban J connectivity index is 1.44. The molecule has 3 aromatic rings. The van der Waals surface area contributed by atoms with Crippen LogP contribution in [0.15, 0.2) is 48.5 Å². The van der Waals surface area contributed by atoms with Crippen molar-refractivity contribution in [1.29, 1.82) is 0 Å². The van der Waals surface area contributed by atoms with Gasteiger partial charge in [0.1, 0.15) is 18.3 Å².